The zero-order chi connectivity index (χ0) is 19.2. The Bertz CT molecular complexity index is 903. The Morgan fingerprint density at radius 3 is 2.70 bits per heavy atom. The van der Waals surface area contributed by atoms with Gasteiger partial charge in [0.1, 0.15) is 0 Å². The number of carbonyl (C=O) groups excluding carboxylic acids is 1. The number of anilines is 1. The minimum absolute atomic E-state index is 0.118. The molecule has 1 aromatic carbocycles. The van der Waals surface area contributed by atoms with Crippen molar-refractivity contribution >= 4 is 28.9 Å². The van der Waals surface area contributed by atoms with E-state index in [9.17, 15) is 9.59 Å². The molecule has 2 N–H and O–H groups in total. The third-order valence-corrected chi connectivity index (χ3v) is 4.93. The van der Waals surface area contributed by atoms with Crippen LogP contribution >= 0.6 is 11.3 Å². The predicted molar refractivity (Wildman–Crippen MR) is 102 cm³/mol. The van der Waals surface area contributed by atoms with Crippen molar-refractivity contribution in [3.8, 4) is 10.7 Å². The molecule has 0 bridgehead atoms. The van der Waals surface area contributed by atoms with E-state index < -0.39 is 11.9 Å². The SMILES string of the molecule is CC(C(=O)O)c1ccc(NC(=O)CCCc2nc(-c3cccs3)no2)cc1. The van der Waals surface area contributed by atoms with E-state index in [-0.39, 0.29) is 5.91 Å². The minimum atomic E-state index is -0.880. The van der Waals surface area contributed by atoms with E-state index in [4.69, 9.17) is 9.63 Å². The molecule has 140 valence electrons. The molecule has 2 aromatic heterocycles. The highest BCUT2D eigenvalue weighted by molar-refractivity contribution is 7.13. The Hall–Kier alpha value is -3.00. The van der Waals surface area contributed by atoms with E-state index in [2.05, 4.69) is 15.5 Å². The van der Waals surface area contributed by atoms with E-state index in [0.29, 0.717) is 42.2 Å². The lowest BCUT2D eigenvalue weighted by molar-refractivity contribution is -0.138. The summed E-state index contributed by atoms with van der Waals surface area (Å²) in [6.45, 7) is 1.62. The number of benzene rings is 1. The molecule has 27 heavy (non-hydrogen) atoms. The van der Waals surface area contributed by atoms with Crippen LogP contribution in [0.3, 0.4) is 0 Å². The van der Waals surface area contributed by atoms with Crippen molar-refractivity contribution in [1.29, 1.82) is 0 Å². The summed E-state index contributed by atoms with van der Waals surface area (Å²) in [5.74, 6) is -0.497. The smallest absolute Gasteiger partial charge is 0.310 e. The second-order valence-corrected chi connectivity index (χ2v) is 7.02. The van der Waals surface area contributed by atoms with Crippen LogP contribution in [0.2, 0.25) is 0 Å². The second kappa shape index (κ2) is 8.59. The van der Waals surface area contributed by atoms with Gasteiger partial charge in [0.2, 0.25) is 17.6 Å². The predicted octanol–water partition coefficient (Wildman–Crippen LogP) is 3.95. The van der Waals surface area contributed by atoms with Crippen LogP contribution in [0.5, 0.6) is 0 Å². The van der Waals surface area contributed by atoms with Gasteiger partial charge in [-0.05, 0) is 42.5 Å². The molecule has 8 heteroatoms. The van der Waals surface area contributed by atoms with Crippen LogP contribution in [-0.4, -0.2) is 27.1 Å². The van der Waals surface area contributed by atoms with E-state index in [1.54, 1.807) is 42.5 Å². The average Bonchev–Trinajstić information content (AvgIpc) is 3.33. The summed E-state index contributed by atoms with van der Waals surface area (Å²) in [6, 6.07) is 10.7. The molecular weight excluding hydrogens is 366 g/mol. The molecule has 0 aliphatic rings. The maximum Gasteiger partial charge on any atom is 0.310 e. The molecule has 0 saturated carbocycles. The van der Waals surface area contributed by atoms with Gasteiger partial charge in [0.25, 0.3) is 0 Å². The first kappa shape index (κ1) is 18.8. The zero-order valence-electron chi connectivity index (χ0n) is 14.7. The molecule has 0 saturated heterocycles. The topological polar surface area (TPSA) is 105 Å². The zero-order valence-corrected chi connectivity index (χ0v) is 15.5. The molecule has 1 unspecified atom stereocenters. The van der Waals surface area contributed by atoms with Gasteiger partial charge < -0.3 is 14.9 Å². The highest BCUT2D eigenvalue weighted by atomic mass is 32.1. The number of hydrogen-bond donors (Lipinski definition) is 2. The quantitative estimate of drug-likeness (QED) is 0.608. The molecule has 0 fully saturated rings. The van der Waals surface area contributed by atoms with Gasteiger partial charge in [-0.1, -0.05) is 23.4 Å². The van der Waals surface area contributed by atoms with Crippen LogP contribution in [0, 0.1) is 0 Å². The van der Waals surface area contributed by atoms with Crippen molar-refractivity contribution in [2.24, 2.45) is 0 Å². The number of nitrogens with zero attached hydrogens (tertiary/aromatic N) is 2. The molecule has 2 heterocycles. The van der Waals surface area contributed by atoms with Crippen molar-refractivity contribution in [3.63, 3.8) is 0 Å². The van der Waals surface area contributed by atoms with Crippen LogP contribution < -0.4 is 5.32 Å². The number of carbonyl (C=O) groups is 2. The van der Waals surface area contributed by atoms with E-state index in [1.165, 1.54) is 0 Å². The Labute approximate surface area is 160 Å². The fraction of sp³-hybridized carbons (Fsp3) is 0.263. The number of aromatic nitrogens is 2. The lowest BCUT2D eigenvalue weighted by atomic mass is 10.0. The third kappa shape index (κ3) is 5.01. The normalized spacial score (nSPS) is 11.9. The number of amides is 1. The maximum absolute atomic E-state index is 12.1. The molecule has 7 nitrogen and oxygen atoms in total. The van der Waals surface area contributed by atoms with Gasteiger partial charge in [-0.25, -0.2) is 0 Å². The molecule has 0 aliphatic heterocycles. The molecule has 0 aliphatic carbocycles. The van der Waals surface area contributed by atoms with Crippen molar-refractivity contribution in [3.05, 3.63) is 53.2 Å². The molecule has 0 radical (unpaired) electrons. The largest absolute Gasteiger partial charge is 0.481 e. The number of aliphatic carboxylic acids is 1. The standard InChI is InChI=1S/C19H19N3O4S/c1-12(19(24)25)13-7-9-14(10-8-13)20-16(23)5-2-6-17-21-18(22-26-17)15-4-3-11-27-15/h3-4,7-12H,2,5-6H2,1H3,(H,20,23)(H,24,25). The van der Waals surface area contributed by atoms with Crippen molar-refractivity contribution < 1.29 is 19.2 Å². The highest BCUT2D eigenvalue weighted by Gasteiger charge is 2.14. The van der Waals surface area contributed by atoms with Gasteiger partial charge in [-0.2, -0.15) is 4.98 Å². The van der Waals surface area contributed by atoms with Crippen molar-refractivity contribution in [2.75, 3.05) is 5.32 Å². The van der Waals surface area contributed by atoms with Gasteiger partial charge in [-0.3, -0.25) is 9.59 Å². The average molecular weight is 385 g/mol. The number of rotatable bonds is 8. The number of carboxylic acids is 1. The Morgan fingerprint density at radius 2 is 2.04 bits per heavy atom. The maximum atomic E-state index is 12.1. The fourth-order valence-electron chi connectivity index (χ4n) is 2.48. The lowest BCUT2D eigenvalue weighted by Crippen LogP contribution is -2.12. The lowest BCUT2D eigenvalue weighted by Gasteiger charge is -2.09. The van der Waals surface area contributed by atoms with E-state index in [1.807, 2.05) is 17.5 Å². The van der Waals surface area contributed by atoms with Gasteiger partial charge in [0, 0.05) is 18.5 Å². The first-order chi connectivity index (χ1) is 13.0. The van der Waals surface area contributed by atoms with E-state index in [0.717, 1.165) is 4.88 Å². The van der Waals surface area contributed by atoms with Crippen LogP contribution in [0.25, 0.3) is 10.7 Å². The monoisotopic (exact) mass is 385 g/mol. The number of thiophene rings is 1. The molecule has 1 atom stereocenters. The summed E-state index contributed by atoms with van der Waals surface area (Å²) in [5.41, 5.74) is 1.33. The van der Waals surface area contributed by atoms with Crippen LogP contribution in [0.15, 0.2) is 46.3 Å². The highest BCUT2D eigenvalue weighted by Crippen LogP contribution is 2.22. The molecule has 0 spiro atoms. The Balaban J connectivity index is 1.45. The molecule has 1 amide bonds. The minimum Gasteiger partial charge on any atom is -0.481 e. The first-order valence-corrected chi connectivity index (χ1v) is 9.40. The fourth-order valence-corrected chi connectivity index (χ4v) is 3.13. The number of hydrogen-bond acceptors (Lipinski definition) is 6. The summed E-state index contributed by atoms with van der Waals surface area (Å²) in [6.07, 6.45) is 1.44. The summed E-state index contributed by atoms with van der Waals surface area (Å²) >= 11 is 1.54. The first-order valence-electron chi connectivity index (χ1n) is 8.52. The molecule has 3 rings (SSSR count). The van der Waals surface area contributed by atoms with Crippen LogP contribution in [0.1, 0.15) is 37.1 Å². The summed E-state index contributed by atoms with van der Waals surface area (Å²) < 4.78 is 5.21. The summed E-state index contributed by atoms with van der Waals surface area (Å²) in [5, 5.41) is 17.7. The summed E-state index contributed by atoms with van der Waals surface area (Å²) in [7, 11) is 0. The second-order valence-electron chi connectivity index (χ2n) is 6.07. The summed E-state index contributed by atoms with van der Waals surface area (Å²) in [4.78, 5) is 28.3. The third-order valence-electron chi connectivity index (χ3n) is 4.07. The number of nitrogens with one attached hydrogen (secondary N) is 1. The van der Waals surface area contributed by atoms with Gasteiger partial charge in [-0.15, -0.1) is 11.3 Å². The van der Waals surface area contributed by atoms with E-state index >= 15 is 0 Å². The van der Waals surface area contributed by atoms with Gasteiger partial charge in [0.15, 0.2) is 0 Å². The molecule has 3 aromatic rings. The Morgan fingerprint density at radius 1 is 1.26 bits per heavy atom. The van der Waals surface area contributed by atoms with Crippen molar-refractivity contribution in [2.45, 2.75) is 32.1 Å². The van der Waals surface area contributed by atoms with Crippen molar-refractivity contribution in [1.82, 2.24) is 10.1 Å². The Kier molecular flexibility index (Phi) is 5.97. The van der Waals surface area contributed by atoms with Gasteiger partial charge in [0.05, 0.1) is 10.8 Å². The van der Waals surface area contributed by atoms with Crippen LogP contribution in [-0.2, 0) is 16.0 Å². The molecular formula is C19H19N3O4S. The number of aryl methyl sites for hydroxylation is 1. The van der Waals surface area contributed by atoms with Gasteiger partial charge >= 0.3 is 5.97 Å². The number of carboxylic acid groups (broad SMARTS) is 1. The van der Waals surface area contributed by atoms with Crippen LogP contribution in [0.4, 0.5) is 5.69 Å².